The van der Waals surface area contributed by atoms with Gasteiger partial charge in [0.05, 0.1) is 18.8 Å². The zero-order valence-electron chi connectivity index (χ0n) is 16.7. The predicted octanol–water partition coefficient (Wildman–Crippen LogP) is 3.00. The zero-order valence-corrected chi connectivity index (χ0v) is 16.7. The molecule has 0 bridgehead atoms. The first-order valence-corrected chi connectivity index (χ1v) is 10.0. The molecule has 2 aliphatic rings. The number of para-hydroxylation sites is 2. The molecule has 154 valence electrons. The van der Waals surface area contributed by atoms with E-state index >= 15 is 0 Å². The van der Waals surface area contributed by atoms with Gasteiger partial charge in [0.2, 0.25) is 0 Å². The van der Waals surface area contributed by atoms with Crippen molar-refractivity contribution < 1.29 is 24.5 Å². The number of carbonyl (C=O) groups excluding carboxylic acids is 1. The Bertz CT molecular complexity index is 899. The zero-order chi connectivity index (χ0) is 20.5. The Morgan fingerprint density at radius 2 is 1.76 bits per heavy atom. The van der Waals surface area contributed by atoms with Crippen molar-refractivity contribution >= 4 is 5.91 Å². The number of aliphatic hydroxyl groups is 1. The Hall–Kier alpha value is -2.73. The molecular formula is C23H27NO5. The molecule has 2 N–H and O–H groups in total. The summed E-state index contributed by atoms with van der Waals surface area (Å²) in [5.74, 6) is 1.61. The van der Waals surface area contributed by atoms with E-state index in [2.05, 4.69) is 0 Å². The summed E-state index contributed by atoms with van der Waals surface area (Å²) in [6, 6.07) is 12.5. The van der Waals surface area contributed by atoms with Gasteiger partial charge in [0.15, 0.2) is 11.5 Å². The lowest BCUT2D eigenvalue weighted by molar-refractivity contribution is -0.0240. The molecule has 1 saturated carbocycles. The van der Waals surface area contributed by atoms with Crippen molar-refractivity contribution in [2.75, 3.05) is 20.2 Å². The molecule has 4 atom stereocenters. The van der Waals surface area contributed by atoms with Gasteiger partial charge in [-0.25, -0.2) is 0 Å². The average Bonchev–Trinajstić information content (AvgIpc) is 3.11. The number of aliphatic hydroxyl groups excluding tert-OH is 1. The van der Waals surface area contributed by atoms with Gasteiger partial charge in [-0.05, 0) is 61.4 Å². The van der Waals surface area contributed by atoms with Crippen molar-refractivity contribution in [1.82, 2.24) is 4.90 Å². The number of carbonyl (C=O) groups is 1. The number of aryl methyl sites for hydroxylation is 1. The highest BCUT2D eigenvalue weighted by Crippen LogP contribution is 2.40. The normalized spacial score (nSPS) is 26.1. The molecule has 0 radical (unpaired) electrons. The van der Waals surface area contributed by atoms with Crippen molar-refractivity contribution in [3.63, 3.8) is 0 Å². The smallest absolute Gasteiger partial charge is 0.257 e. The molecule has 1 aliphatic carbocycles. The Morgan fingerprint density at radius 1 is 1.07 bits per heavy atom. The molecule has 29 heavy (non-hydrogen) atoms. The van der Waals surface area contributed by atoms with E-state index in [0.29, 0.717) is 43.0 Å². The first kappa shape index (κ1) is 19.6. The molecule has 0 unspecified atom stereocenters. The fraction of sp³-hybridized carbons (Fsp3) is 0.435. The highest BCUT2D eigenvalue weighted by atomic mass is 16.5. The lowest BCUT2D eigenvalue weighted by Gasteiger charge is -2.35. The number of aromatic hydroxyl groups is 1. The summed E-state index contributed by atoms with van der Waals surface area (Å²) < 4.78 is 11.4. The molecule has 6 nitrogen and oxygen atoms in total. The van der Waals surface area contributed by atoms with E-state index in [1.165, 1.54) is 0 Å². The van der Waals surface area contributed by atoms with Crippen molar-refractivity contribution in [2.45, 2.75) is 32.0 Å². The first-order valence-electron chi connectivity index (χ1n) is 10.0. The van der Waals surface area contributed by atoms with Gasteiger partial charge in [-0.1, -0.05) is 18.2 Å². The molecule has 6 heteroatoms. The minimum Gasteiger partial charge on any atom is -0.507 e. The van der Waals surface area contributed by atoms with Gasteiger partial charge in [-0.2, -0.15) is 0 Å². The Balaban J connectivity index is 1.45. The topological polar surface area (TPSA) is 79.2 Å². The predicted molar refractivity (Wildman–Crippen MR) is 108 cm³/mol. The average molecular weight is 397 g/mol. The summed E-state index contributed by atoms with van der Waals surface area (Å²) in [5.41, 5.74) is 1.24. The van der Waals surface area contributed by atoms with Crippen LogP contribution in [0.3, 0.4) is 0 Å². The van der Waals surface area contributed by atoms with Gasteiger partial charge in [0.25, 0.3) is 5.91 Å². The van der Waals surface area contributed by atoms with Crippen LogP contribution in [0.25, 0.3) is 0 Å². The van der Waals surface area contributed by atoms with Crippen LogP contribution < -0.4 is 9.47 Å². The molecule has 1 aliphatic heterocycles. The molecule has 2 aromatic rings. The van der Waals surface area contributed by atoms with Gasteiger partial charge in [-0.3, -0.25) is 4.79 Å². The number of fused-ring (bicyclic) bond motifs is 1. The molecule has 1 saturated heterocycles. The third kappa shape index (κ3) is 3.90. The van der Waals surface area contributed by atoms with E-state index in [4.69, 9.17) is 9.47 Å². The summed E-state index contributed by atoms with van der Waals surface area (Å²) in [5, 5.41) is 20.8. The van der Waals surface area contributed by atoms with Crippen molar-refractivity contribution in [3.8, 4) is 17.2 Å². The van der Waals surface area contributed by atoms with E-state index in [9.17, 15) is 15.0 Å². The molecule has 4 rings (SSSR count). The quantitative estimate of drug-likeness (QED) is 0.829. The highest BCUT2D eigenvalue weighted by molar-refractivity contribution is 5.97. The standard InChI is InChI=1S/C23H27NO5/c1-14-7-8-17(18(25)9-14)23(27)24-12-15-10-19(26)22(11-16(15)13-24)29-21-6-4-3-5-20(21)28-2/h3-9,15-16,19,22,25-26H,10-13H2,1-2H3/t15-,16+,19+,22+/m0/s1. The van der Waals surface area contributed by atoms with E-state index in [-0.39, 0.29) is 29.6 Å². The maximum absolute atomic E-state index is 12.9. The third-order valence-corrected chi connectivity index (χ3v) is 6.10. The van der Waals surface area contributed by atoms with Crippen molar-refractivity contribution in [1.29, 1.82) is 0 Å². The van der Waals surface area contributed by atoms with E-state index in [0.717, 1.165) is 5.56 Å². The maximum Gasteiger partial charge on any atom is 0.257 e. The third-order valence-electron chi connectivity index (χ3n) is 6.10. The number of phenolic OH excluding ortho intramolecular Hbond substituents is 1. The largest absolute Gasteiger partial charge is 0.507 e. The van der Waals surface area contributed by atoms with Crippen LogP contribution in [-0.2, 0) is 0 Å². The number of nitrogens with zero attached hydrogens (tertiary/aromatic N) is 1. The summed E-state index contributed by atoms with van der Waals surface area (Å²) in [6.07, 6.45) is 0.334. The number of ether oxygens (including phenoxy) is 2. The monoisotopic (exact) mass is 397 g/mol. The SMILES string of the molecule is COc1ccccc1O[C@@H]1C[C@@H]2CN(C(=O)c3ccc(C)cc3O)C[C@@H]2C[C@H]1O. The number of phenols is 1. The van der Waals surface area contributed by atoms with Crippen LogP contribution in [0.4, 0.5) is 0 Å². The lowest BCUT2D eigenvalue weighted by atomic mass is 9.78. The Labute approximate surface area is 170 Å². The van der Waals surface area contributed by atoms with E-state index in [1.807, 2.05) is 37.3 Å². The molecule has 1 heterocycles. The number of benzene rings is 2. The van der Waals surface area contributed by atoms with Crippen LogP contribution in [0.1, 0.15) is 28.8 Å². The van der Waals surface area contributed by atoms with Crippen LogP contribution in [-0.4, -0.2) is 53.4 Å². The van der Waals surface area contributed by atoms with Crippen LogP contribution in [0.15, 0.2) is 42.5 Å². The lowest BCUT2D eigenvalue weighted by Crippen LogP contribution is -2.42. The van der Waals surface area contributed by atoms with Crippen LogP contribution in [0.2, 0.25) is 0 Å². The number of hydrogen-bond acceptors (Lipinski definition) is 5. The van der Waals surface area contributed by atoms with E-state index in [1.54, 1.807) is 24.1 Å². The maximum atomic E-state index is 12.9. The van der Waals surface area contributed by atoms with E-state index < -0.39 is 6.10 Å². The molecule has 0 aromatic heterocycles. The second-order valence-corrected chi connectivity index (χ2v) is 8.10. The number of amides is 1. The van der Waals surface area contributed by atoms with Gasteiger partial charge in [0, 0.05) is 13.1 Å². The summed E-state index contributed by atoms with van der Waals surface area (Å²) >= 11 is 0. The fourth-order valence-corrected chi connectivity index (χ4v) is 4.55. The van der Waals surface area contributed by atoms with Crippen LogP contribution in [0, 0.1) is 18.8 Å². The minimum absolute atomic E-state index is 0.0160. The van der Waals surface area contributed by atoms with Crippen molar-refractivity contribution in [2.24, 2.45) is 11.8 Å². The van der Waals surface area contributed by atoms with Crippen LogP contribution in [0.5, 0.6) is 17.2 Å². The molecule has 1 amide bonds. The fourth-order valence-electron chi connectivity index (χ4n) is 4.55. The summed E-state index contributed by atoms with van der Waals surface area (Å²) in [7, 11) is 1.59. The minimum atomic E-state index is -0.594. The first-order chi connectivity index (χ1) is 14.0. The summed E-state index contributed by atoms with van der Waals surface area (Å²) in [4.78, 5) is 14.7. The van der Waals surface area contributed by atoms with Gasteiger partial charge < -0.3 is 24.6 Å². The van der Waals surface area contributed by atoms with Gasteiger partial charge in [0.1, 0.15) is 11.9 Å². The number of rotatable bonds is 4. The molecule has 2 fully saturated rings. The molecular weight excluding hydrogens is 370 g/mol. The number of methoxy groups -OCH3 is 1. The second kappa shape index (κ2) is 7.95. The number of likely N-dealkylation sites (tertiary alicyclic amines) is 1. The van der Waals surface area contributed by atoms with Crippen molar-refractivity contribution in [3.05, 3.63) is 53.6 Å². The Morgan fingerprint density at radius 3 is 2.45 bits per heavy atom. The summed E-state index contributed by atoms with van der Waals surface area (Å²) in [6.45, 7) is 3.08. The Kier molecular flexibility index (Phi) is 5.37. The van der Waals surface area contributed by atoms with Gasteiger partial charge in [-0.15, -0.1) is 0 Å². The number of hydrogen-bond donors (Lipinski definition) is 2. The molecule has 2 aromatic carbocycles. The van der Waals surface area contributed by atoms with Crippen LogP contribution >= 0.6 is 0 Å². The van der Waals surface area contributed by atoms with Gasteiger partial charge >= 0.3 is 0 Å². The second-order valence-electron chi connectivity index (χ2n) is 8.10. The molecule has 0 spiro atoms. The highest BCUT2D eigenvalue weighted by Gasteiger charge is 2.44.